The molecule has 2 atom stereocenters. The lowest BCUT2D eigenvalue weighted by molar-refractivity contribution is 0.315. The Morgan fingerprint density at radius 2 is 0.868 bits per heavy atom. The van der Waals surface area contributed by atoms with Crippen LogP contribution in [0.2, 0.25) is 0 Å². The van der Waals surface area contributed by atoms with Gasteiger partial charge in [0.2, 0.25) is 0 Å². The van der Waals surface area contributed by atoms with E-state index in [1.807, 2.05) is 0 Å². The van der Waals surface area contributed by atoms with E-state index in [4.69, 9.17) is 9.98 Å². The molecule has 0 saturated heterocycles. The van der Waals surface area contributed by atoms with E-state index in [1.54, 1.807) is 0 Å². The molecule has 0 amide bonds. The van der Waals surface area contributed by atoms with E-state index in [0.29, 0.717) is 23.9 Å². The molecular formula is C34H46N4. The van der Waals surface area contributed by atoms with Crippen LogP contribution in [0.15, 0.2) is 46.4 Å². The fourth-order valence-electron chi connectivity index (χ4n) is 7.84. The third kappa shape index (κ3) is 4.80. The number of aliphatic imine (C=N–C) groups is 2. The van der Waals surface area contributed by atoms with Gasteiger partial charge in [-0.1, -0.05) is 74.9 Å². The standard InChI is InChI=1S/C34H46N4/c1-23-13-11-14-24(2)31(23)37-21-29(27-17-7-5-8-18-27)35-33(37)34-36-30(28-19-9-6-10-20-28)22-38(34)32-25(3)15-12-16-26(32)4/h11-16,27-30H,5-10,17-22H2,1-4H3. The van der Waals surface area contributed by atoms with Crippen LogP contribution in [0.25, 0.3) is 0 Å². The first-order valence-electron chi connectivity index (χ1n) is 15.3. The van der Waals surface area contributed by atoms with Gasteiger partial charge in [-0.05, 0) is 87.5 Å². The highest BCUT2D eigenvalue weighted by Gasteiger charge is 2.42. The van der Waals surface area contributed by atoms with Gasteiger partial charge >= 0.3 is 0 Å². The molecule has 38 heavy (non-hydrogen) atoms. The Labute approximate surface area is 230 Å². The molecule has 2 heterocycles. The summed E-state index contributed by atoms with van der Waals surface area (Å²) in [5, 5.41) is 0. The predicted octanol–water partition coefficient (Wildman–Crippen LogP) is 7.96. The van der Waals surface area contributed by atoms with Crippen LogP contribution in [0.1, 0.15) is 86.5 Å². The fraction of sp³-hybridized carbons (Fsp3) is 0.588. The monoisotopic (exact) mass is 510 g/mol. The molecule has 0 N–H and O–H groups in total. The maximum absolute atomic E-state index is 5.62. The van der Waals surface area contributed by atoms with Crippen LogP contribution in [0, 0.1) is 39.5 Å². The summed E-state index contributed by atoms with van der Waals surface area (Å²) < 4.78 is 0. The lowest BCUT2D eigenvalue weighted by atomic mass is 9.84. The van der Waals surface area contributed by atoms with Gasteiger partial charge in [0, 0.05) is 24.5 Å². The van der Waals surface area contributed by atoms with Crippen molar-refractivity contribution in [1.29, 1.82) is 0 Å². The van der Waals surface area contributed by atoms with Gasteiger partial charge < -0.3 is 9.80 Å². The number of hydrogen-bond donors (Lipinski definition) is 0. The van der Waals surface area contributed by atoms with Crippen molar-refractivity contribution in [3.05, 3.63) is 58.7 Å². The van der Waals surface area contributed by atoms with Crippen molar-refractivity contribution in [1.82, 2.24) is 0 Å². The summed E-state index contributed by atoms with van der Waals surface area (Å²) >= 11 is 0. The minimum Gasteiger partial charge on any atom is -0.321 e. The zero-order valence-electron chi connectivity index (χ0n) is 24.0. The van der Waals surface area contributed by atoms with Crippen LogP contribution in [0.3, 0.4) is 0 Å². The smallest absolute Gasteiger partial charge is 0.172 e. The van der Waals surface area contributed by atoms with Gasteiger partial charge in [0.1, 0.15) is 0 Å². The number of aryl methyl sites for hydroxylation is 4. The highest BCUT2D eigenvalue weighted by Crippen LogP contribution is 2.39. The molecule has 2 aromatic rings. The molecule has 4 heteroatoms. The van der Waals surface area contributed by atoms with Crippen molar-refractivity contribution in [2.24, 2.45) is 21.8 Å². The van der Waals surface area contributed by atoms with E-state index in [0.717, 1.165) is 24.8 Å². The van der Waals surface area contributed by atoms with Crippen LogP contribution >= 0.6 is 0 Å². The quantitative estimate of drug-likeness (QED) is 0.409. The predicted molar refractivity (Wildman–Crippen MR) is 162 cm³/mol. The van der Waals surface area contributed by atoms with Gasteiger partial charge in [0.05, 0.1) is 12.1 Å². The number of rotatable bonds is 5. The Balaban J connectivity index is 1.46. The molecule has 2 aromatic carbocycles. The van der Waals surface area contributed by atoms with Crippen molar-refractivity contribution in [2.45, 2.75) is 104 Å². The summed E-state index contributed by atoms with van der Waals surface area (Å²) in [6.07, 6.45) is 13.5. The molecule has 2 fully saturated rings. The first-order chi connectivity index (χ1) is 18.5. The maximum atomic E-state index is 5.62. The molecule has 0 aromatic heterocycles. The molecule has 0 spiro atoms. The summed E-state index contributed by atoms with van der Waals surface area (Å²) in [5.74, 6) is 3.63. The largest absolute Gasteiger partial charge is 0.321 e. The Kier molecular flexibility index (Phi) is 7.33. The van der Waals surface area contributed by atoms with E-state index in [1.165, 1.54) is 97.8 Å². The number of amidine groups is 2. The van der Waals surface area contributed by atoms with E-state index in [9.17, 15) is 0 Å². The molecule has 2 aliphatic heterocycles. The molecule has 2 unspecified atom stereocenters. The molecule has 4 aliphatic rings. The van der Waals surface area contributed by atoms with E-state index < -0.39 is 0 Å². The van der Waals surface area contributed by atoms with Gasteiger partial charge in [-0.15, -0.1) is 0 Å². The lowest BCUT2D eigenvalue weighted by Gasteiger charge is -2.31. The van der Waals surface area contributed by atoms with Gasteiger partial charge in [0.15, 0.2) is 11.7 Å². The summed E-state index contributed by atoms with van der Waals surface area (Å²) in [5.41, 5.74) is 8.03. The number of para-hydroxylation sites is 2. The molecule has 202 valence electrons. The third-order valence-electron chi connectivity index (χ3n) is 9.83. The Bertz CT molecular complexity index is 1080. The van der Waals surface area contributed by atoms with E-state index in [-0.39, 0.29) is 0 Å². The second-order valence-corrected chi connectivity index (χ2v) is 12.5. The minimum atomic E-state index is 0.362. The fourth-order valence-corrected chi connectivity index (χ4v) is 7.84. The maximum Gasteiger partial charge on any atom is 0.172 e. The summed E-state index contributed by atoms with van der Waals surface area (Å²) in [4.78, 5) is 16.4. The third-order valence-corrected chi connectivity index (χ3v) is 9.83. The van der Waals surface area contributed by atoms with Crippen LogP contribution < -0.4 is 9.80 Å². The number of nitrogens with zero attached hydrogens (tertiary/aromatic N) is 4. The zero-order chi connectivity index (χ0) is 26.2. The van der Waals surface area contributed by atoms with Crippen molar-refractivity contribution in [2.75, 3.05) is 22.9 Å². The second-order valence-electron chi connectivity index (χ2n) is 12.5. The van der Waals surface area contributed by atoms with Gasteiger partial charge in [0.25, 0.3) is 0 Å². The Morgan fingerprint density at radius 1 is 0.526 bits per heavy atom. The molecule has 2 saturated carbocycles. The number of benzene rings is 2. The van der Waals surface area contributed by atoms with E-state index >= 15 is 0 Å². The molecule has 4 nitrogen and oxygen atoms in total. The number of hydrogen-bond acceptors (Lipinski definition) is 4. The molecule has 6 rings (SSSR count). The van der Waals surface area contributed by atoms with Crippen molar-refractivity contribution in [3.8, 4) is 0 Å². The highest BCUT2D eigenvalue weighted by molar-refractivity contribution is 6.51. The van der Waals surface area contributed by atoms with Crippen LogP contribution in [0.5, 0.6) is 0 Å². The van der Waals surface area contributed by atoms with Crippen LogP contribution in [0.4, 0.5) is 11.4 Å². The Morgan fingerprint density at radius 3 is 1.21 bits per heavy atom. The van der Waals surface area contributed by atoms with Gasteiger partial charge in [-0.2, -0.15) is 0 Å². The normalized spacial score (nSPS) is 25.2. The van der Waals surface area contributed by atoms with Crippen molar-refractivity contribution >= 4 is 23.0 Å². The average molecular weight is 511 g/mol. The summed E-state index contributed by atoms with van der Waals surface area (Å²) in [6.45, 7) is 11.0. The van der Waals surface area contributed by atoms with Crippen LogP contribution in [-0.2, 0) is 0 Å². The minimum absolute atomic E-state index is 0.362. The van der Waals surface area contributed by atoms with Crippen molar-refractivity contribution < 1.29 is 0 Å². The van der Waals surface area contributed by atoms with E-state index in [2.05, 4.69) is 73.9 Å². The molecule has 0 radical (unpaired) electrons. The molecular weight excluding hydrogens is 464 g/mol. The average Bonchev–Trinajstić information content (AvgIpc) is 3.55. The van der Waals surface area contributed by atoms with Crippen molar-refractivity contribution in [3.63, 3.8) is 0 Å². The summed E-state index contributed by atoms with van der Waals surface area (Å²) in [6, 6.07) is 14.2. The highest BCUT2D eigenvalue weighted by atomic mass is 15.4. The lowest BCUT2D eigenvalue weighted by Crippen LogP contribution is -2.43. The SMILES string of the molecule is Cc1cccc(C)c1N1CC(C2CCCCC2)N=C1C1=NC(C2CCCCC2)CN1c1c(C)cccc1C. The second kappa shape index (κ2) is 10.9. The van der Waals surface area contributed by atoms with Gasteiger partial charge in [-0.3, -0.25) is 9.98 Å². The Hall–Kier alpha value is -2.62. The van der Waals surface area contributed by atoms with Gasteiger partial charge in [-0.25, -0.2) is 0 Å². The first kappa shape index (κ1) is 25.6. The first-order valence-corrected chi connectivity index (χ1v) is 15.3. The summed E-state index contributed by atoms with van der Waals surface area (Å²) in [7, 11) is 0. The molecule has 0 bridgehead atoms. The zero-order valence-corrected chi connectivity index (χ0v) is 24.0. The topological polar surface area (TPSA) is 31.2 Å². The van der Waals surface area contributed by atoms with Crippen LogP contribution in [-0.4, -0.2) is 36.8 Å². The number of anilines is 2. The molecule has 2 aliphatic carbocycles.